The molecule has 0 heterocycles. The summed E-state index contributed by atoms with van der Waals surface area (Å²) in [6, 6.07) is -0.288. The van der Waals surface area contributed by atoms with E-state index in [0.29, 0.717) is 6.54 Å². The first kappa shape index (κ1) is 16.8. The van der Waals surface area contributed by atoms with E-state index < -0.39 is 11.6 Å². The van der Waals surface area contributed by atoms with Crippen molar-refractivity contribution in [2.45, 2.75) is 57.6 Å². The largest absolute Gasteiger partial charge is 0.481 e. The van der Waals surface area contributed by atoms with Crippen molar-refractivity contribution >= 4 is 12.0 Å². The second-order valence-corrected chi connectivity index (χ2v) is 6.00. The highest BCUT2D eigenvalue weighted by Gasteiger charge is 2.34. The number of hydrogen-bond donors (Lipinski definition) is 2. The average molecular weight is 286 g/mol. The third-order valence-corrected chi connectivity index (χ3v) is 3.83. The van der Waals surface area contributed by atoms with E-state index in [1.165, 1.54) is 9.80 Å². The lowest BCUT2D eigenvalue weighted by molar-refractivity contribution is -0.137. The zero-order valence-corrected chi connectivity index (χ0v) is 12.6. The number of carboxylic acid groups (broad SMARTS) is 1. The second-order valence-electron chi connectivity index (χ2n) is 6.00. The molecule has 0 spiro atoms. The van der Waals surface area contributed by atoms with Gasteiger partial charge >= 0.3 is 12.0 Å². The Kier molecular flexibility index (Phi) is 5.80. The van der Waals surface area contributed by atoms with Gasteiger partial charge < -0.3 is 20.0 Å². The molecule has 0 aromatic carbocycles. The predicted molar refractivity (Wildman–Crippen MR) is 75.5 cm³/mol. The van der Waals surface area contributed by atoms with Crippen LogP contribution in [0.5, 0.6) is 0 Å². The molecule has 0 aliphatic heterocycles. The van der Waals surface area contributed by atoms with Crippen LogP contribution in [0.15, 0.2) is 0 Å². The summed E-state index contributed by atoms with van der Waals surface area (Å²) in [7, 11) is 1.66. The standard InChI is InChI=1S/C14H26N2O4/c1-11(2)16(9-6-12(17)18)13(19)15(3)10-14(20)7-4-5-8-14/h11,20H,4-10H2,1-3H3,(H,17,18). The molecule has 1 rings (SSSR count). The Bertz CT molecular complexity index is 351. The van der Waals surface area contributed by atoms with Crippen molar-refractivity contribution in [1.82, 2.24) is 9.80 Å². The molecule has 0 aromatic heterocycles. The molecule has 1 saturated carbocycles. The maximum absolute atomic E-state index is 12.4. The summed E-state index contributed by atoms with van der Waals surface area (Å²) in [4.78, 5) is 26.1. The number of carboxylic acids is 1. The first-order valence-corrected chi connectivity index (χ1v) is 7.21. The minimum atomic E-state index is -0.916. The fourth-order valence-corrected chi connectivity index (χ4v) is 2.71. The first-order chi connectivity index (χ1) is 9.25. The SMILES string of the molecule is CC(C)N(CCC(=O)O)C(=O)N(C)CC1(O)CCCC1. The van der Waals surface area contributed by atoms with Gasteiger partial charge in [0.1, 0.15) is 0 Å². The normalized spacial score (nSPS) is 17.2. The Morgan fingerprint density at radius 3 is 2.25 bits per heavy atom. The molecule has 20 heavy (non-hydrogen) atoms. The van der Waals surface area contributed by atoms with Crippen LogP contribution in [0.2, 0.25) is 0 Å². The fourth-order valence-electron chi connectivity index (χ4n) is 2.71. The van der Waals surface area contributed by atoms with E-state index in [2.05, 4.69) is 0 Å². The maximum atomic E-state index is 12.4. The number of likely N-dealkylation sites (N-methyl/N-ethyl adjacent to an activating group) is 1. The lowest BCUT2D eigenvalue weighted by atomic mass is 10.0. The number of rotatable bonds is 6. The van der Waals surface area contributed by atoms with E-state index in [0.717, 1.165) is 25.7 Å². The molecule has 2 amide bonds. The molecular weight excluding hydrogens is 260 g/mol. The number of aliphatic carboxylic acids is 1. The van der Waals surface area contributed by atoms with Crippen molar-refractivity contribution in [2.75, 3.05) is 20.1 Å². The van der Waals surface area contributed by atoms with Crippen LogP contribution >= 0.6 is 0 Å². The minimum Gasteiger partial charge on any atom is -0.481 e. The lowest BCUT2D eigenvalue weighted by Gasteiger charge is -2.34. The smallest absolute Gasteiger partial charge is 0.320 e. The zero-order valence-electron chi connectivity index (χ0n) is 12.6. The molecule has 2 N–H and O–H groups in total. The average Bonchev–Trinajstić information content (AvgIpc) is 2.74. The van der Waals surface area contributed by atoms with Crippen molar-refractivity contribution in [1.29, 1.82) is 0 Å². The summed E-state index contributed by atoms with van der Waals surface area (Å²) < 4.78 is 0. The molecule has 0 atom stereocenters. The molecular formula is C14H26N2O4. The molecule has 1 aliphatic carbocycles. The van der Waals surface area contributed by atoms with Gasteiger partial charge in [-0.3, -0.25) is 4.79 Å². The Balaban J connectivity index is 2.61. The van der Waals surface area contributed by atoms with Gasteiger partial charge in [0.05, 0.1) is 18.6 Å². The summed E-state index contributed by atoms with van der Waals surface area (Å²) >= 11 is 0. The van der Waals surface area contributed by atoms with Crippen LogP contribution in [0, 0.1) is 0 Å². The van der Waals surface area contributed by atoms with Gasteiger partial charge in [-0.25, -0.2) is 4.79 Å². The van der Waals surface area contributed by atoms with Crippen LogP contribution in [0.25, 0.3) is 0 Å². The van der Waals surface area contributed by atoms with E-state index in [1.54, 1.807) is 7.05 Å². The van der Waals surface area contributed by atoms with Gasteiger partial charge in [-0.1, -0.05) is 12.8 Å². The van der Waals surface area contributed by atoms with Crippen LogP contribution in [-0.4, -0.2) is 63.8 Å². The summed E-state index contributed by atoms with van der Waals surface area (Å²) in [6.07, 6.45) is 3.36. The van der Waals surface area contributed by atoms with Crippen LogP contribution in [0.4, 0.5) is 4.79 Å². The van der Waals surface area contributed by atoms with Gasteiger partial charge in [0, 0.05) is 19.6 Å². The van der Waals surface area contributed by atoms with Crippen LogP contribution < -0.4 is 0 Å². The number of hydrogen-bond acceptors (Lipinski definition) is 3. The molecule has 1 aliphatic rings. The second kappa shape index (κ2) is 6.92. The van der Waals surface area contributed by atoms with Gasteiger partial charge in [0.25, 0.3) is 0 Å². The molecule has 0 bridgehead atoms. The Morgan fingerprint density at radius 1 is 1.25 bits per heavy atom. The molecule has 0 saturated heterocycles. The van der Waals surface area contributed by atoms with Gasteiger partial charge in [-0.15, -0.1) is 0 Å². The van der Waals surface area contributed by atoms with Crippen molar-refractivity contribution in [2.24, 2.45) is 0 Å². The van der Waals surface area contributed by atoms with Crippen molar-refractivity contribution in [3.05, 3.63) is 0 Å². The van der Waals surface area contributed by atoms with E-state index in [9.17, 15) is 14.7 Å². The van der Waals surface area contributed by atoms with E-state index in [1.807, 2.05) is 13.8 Å². The van der Waals surface area contributed by atoms with Crippen molar-refractivity contribution in [3.63, 3.8) is 0 Å². The molecule has 0 aromatic rings. The van der Waals surface area contributed by atoms with Crippen LogP contribution in [-0.2, 0) is 4.79 Å². The third kappa shape index (κ3) is 4.67. The molecule has 1 fully saturated rings. The number of amides is 2. The Hall–Kier alpha value is -1.30. The molecule has 6 nitrogen and oxygen atoms in total. The van der Waals surface area contributed by atoms with E-state index in [4.69, 9.17) is 5.11 Å². The van der Waals surface area contributed by atoms with Crippen molar-refractivity contribution < 1.29 is 19.8 Å². The summed E-state index contributed by atoms with van der Waals surface area (Å²) in [5.41, 5.74) is -0.778. The summed E-state index contributed by atoms with van der Waals surface area (Å²) in [5, 5.41) is 19.1. The van der Waals surface area contributed by atoms with Gasteiger partial charge in [-0.2, -0.15) is 0 Å². The number of urea groups is 1. The first-order valence-electron chi connectivity index (χ1n) is 7.21. The topological polar surface area (TPSA) is 81.1 Å². The number of aliphatic hydroxyl groups is 1. The van der Waals surface area contributed by atoms with Gasteiger partial charge in [-0.05, 0) is 26.7 Å². The van der Waals surface area contributed by atoms with Crippen LogP contribution in [0.1, 0.15) is 46.0 Å². The quantitative estimate of drug-likeness (QED) is 0.776. The molecule has 116 valence electrons. The highest BCUT2D eigenvalue weighted by Crippen LogP contribution is 2.30. The van der Waals surface area contributed by atoms with E-state index >= 15 is 0 Å². The number of carbonyl (C=O) groups is 2. The minimum absolute atomic E-state index is 0.0671. The molecule has 0 radical (unpaired) electrons. The maximum Gasteiger partial charge on any atom is 0.320 e. The van der Waals surface area contributed by atoms with Gasteiger partial charge in [0.2, 0.25) is 0 Å². The predicted octanol–water partition coefficient (Wildman–Crippen LogP) is 1.53. The lowest BCUT2D eigenvalue weighted by Crippen LogP contribution is -2.50. The monoisotopic (exact) mass is 286 g/mol. The molecule has 0 unspecified atom stereocenters. The zero-order chi connectivity index (χ0) is 15.3. The number of carbonyl (C=O) groups excluding carboxylic acids is 1. The number of nitrogens with zero attached hydrogens (tertiary/aromatic N) is 2. The summed E-state index contributed by atoms with van der Waals surface area (Å²) in [5.74, 6) is -0.916. The van der Waals surface area contributed by atoms with Crippen LogP contribution in [0.3, 0.4) is 0 Å². The highest BCUT2D eigenvalue weighted by molar-refractivity contribution is 5.75. The third-order valence-electron chi connectivity index (χ3n) is 3.83. The summed E-state index contributed by atoms with van der Waals surface area (Å²) in [6.45, 7) is 4.21. The van der Waals surface area contributed by atoms with Crippen molar-refractivity contribution in [3.8, 4) is 0 Å². The van der Waals surface area contributed by atoms with Gasteiger partial charge in [0.15, 0.2) is 0 Å². The highest BCUT2D eigenvalue weighted by atomic mass is 16.4. The Morgan fingerprint density at radius 2 is 1.80 bits per heavy atom. The Labute approximate surface area is 120 Å². The van der Waals surface area contributed by atoms with E-state index in [-0.39, 0.29) is 25.0 Å². The molecule has 6 heteroatoms. The fraction of sp³-hybridized carbons (Fsp3) is 0.857.